The van der Waals surface area contributed by atoms with Crippen molar-refractivity contribution in [1.29, 1.82) is 0 Å². The Bertz CT molecular complexity index is 513. The van der Waals surface area contributed by atoms with Crippen molar-refractivity contribution in [1.82, 2.24) is 15.5 Å². The van der Waals surface area contributed by atoms with E-state index in [2.05, 4.69) is 27.7 Å². The zero-order valence-electron chi connectivity index (χ0n) is 15.3. The minimum absolute atomic E-state index is 0.0898. The fourth-order valence-electron chi connectivity index (χ4n) is 2.97. The Labute approximate surface area is 150 Å². The smallest absolute Gasteiger partial charge is 0.314 e. The maximum atomic E-state index is 11.7. The van der Waals surface area contributed by atoms with Crippen molar-refractivity contribution in [3.8, 4) is 5.75 Å². The summed E-state index contributed by atoms with van der Waals surface area (Å²) < 4.78 is 5.19. The van der Waals surface area contributed by atoms with Crippen LogP contribution in [0.15, 0.2) is 24.3 Å². The van der Waals surface area contributed by atoms with Gasteiger partial charge in [-0.1, -0.05) is 19.1 Å². The van der Waals surface area contributed by atoms with E-state index in [1.165, 1.54) is 5.56 Å². The molecule has 140 valence electrons. The lowest BCUT2D eigenvalue weighted by Crippen LogP contribution is -2.43. The summed E-state index contributed by atoms with van der Waals surface area (Å²) >= 11 is 0. The van der Waals surface area contributed by atoms with Gasteiger partial charge >= 0.3 is 6.03 Å². The molecule has 0 aromatic heterocycles. The number of aliphatic hydroxyl groups excluding tert-OH is 1. The molecular formula is C19H31N3O3. The number of urea groups is 1. The number of hydrogen-bond donors (Lipinski definition) is 3. The Morgan fingerprint density at radius 1 is 1.28 bits per heavy atom. The highest BCUT2D eigenvalue weighted by atomic mass is 16.5. The summed E-state index contributed by atoms with van der Waals surface area (Å²) in [5.41, 5.74) is 1.30. The molecule has 1 aliphatic heterocycles. The van der Waals surface area contributed by atoms with Gasteiger partial charge in [0.1, 0.15) is 5.75 Å². The van der Waals surface area contributed by atoms with Crippen LogP contribution in [0.2, 0.25) is 0 Å². The molecule has 1 fully saturated rings. The summed E-state index contributed by atoms with van der Waals surface area (Å²) in [5.74, 6) is 1.51. The van der Waals surface area contributed by atoms with E-state index in [1.54, 1.807) is 7.11 Å². The summed E-state index contributed by atoms with van der Waals surface area (Å²) in [7, 11) is 1.68. The number of likely N-dealkylation sites (tertiary alicyclic amines) is 1. The average molecular weight is 349 g/mol. The van der Waals surface area contributed by atoms with Gasteiger partial charge in [0, 0.05) is 26.2 Å². The van der Waals surface area contributed by atoms with Crippen molar-refractivity contribution in [3.63, 3.8) is 0 Å². The highest BCUT2D eigenvalue weighted by Gasteiger charge is 2.19. The number of carbonyl (C=O) groups is 1. The maximum absolute atomic E-state index is 11.7. The van der Waals surface area contributed by atoms with E-state index < -0.39 is 0 Å². The van der Waals surface area contributed by atoms with E-state index >= 15 is 0 Å². The van der Waals surface area contributed by atoms with Gasteiger partial charge in [0.15, 0.2) is 0 Å². The molecule has 1 heterocycles. The zero-order chi connectivity index (χ0) is 18.1. The monoisotopic (exact) mass is 349 g/mol. The lowest BCUT2D eigenvalue weighted by molar-refractivity contribution is 0.174. The van der Waals surface area contributed by atoms with Crippen LogP contribution in [-0.4, -0.2) is 55.9 Å². The van der Waals surface area contributed by atoms with Crippen molar-refractivity contribution in [3.05, 3.63) is 29.8 Å². The van der Waals surface area contributed by atoms with Gasteiger partial charge in [-0.25, -0.2) is 4.79 Å². The first-order valence-electron chi connectivity index (χ1n) is 9.08. The molecule has 3 N–H and O–H groups in total. The normalized spacial score (nSPS) is 17.1. The molecule has 2 amide bonds. The second kappa shape index (κ2) is 10.3. The van der Waals surface area contributed by atoms with Crippen LogP contribution in [-0.2, 0) is 6.54 Å². The number of nitrogens with one attached hydrogen (secondary N) is 2. The molecule has 6 nitrogen and oxygen atoms in total. The summed E-state index contributed by atoms with van der Waals surface area (Å²) in [6.07, 6.45) is 2.20. The second-order valence-electron chi connectivity index (χ2n) is 6.95. The van der Waals surface area contributed by atoms with Crippen molar-refractivity contribution in [2.24, 2.45) is 11.8 Å². The Kier molecular flexibility index (Phi) is 8.01. The van der Waals surface area contributed by atoms with Gasteiger partial charge < -0.3 is 20.5 Å². The van der Waals surface area contributed by atoms with E-state index in [1.807, 2.05) is 19.1 Å². The van der Waals surface area contributed by atoms with Gasteiger partial charge in [-0.3, -0.25) is 4.90 Å². The van der Waals surface area contributed by atoms with Gasteiger partial charge in [-0.05, 0) is 55.5 Å². The Morgan fingerprint density at radius 2 is 1.96 bits per heavy atom. The number of carbonyl (C=O) groups excluding carboxylic acids is 1. The molecule has 1 aliphatic rings. The lowest BCUT2D eigenvalue weighted by Gasteiger charge is -2.32. The summed E-state index contributed by atoms with van der Waals surface area (Å²) in [6.45, 7) is 6.29. The first kappa shape index (κ1) is 19.5. The van der Waals surface area contributed by atoms with Crippen LogP contribution < -0.4 is 15.4 Å². The molecule has 0 aliphatic carbocycles. The molecule has 2 rings (SSSR count). The van der Waals surface area contributed by atoms with Gasteiger partial charge in [-0.15, -0.1) is 0 Å². The number of rotatable bonds is 8. The largest absolute Gasteiger partial charge is 0.497 e. The summed E-state index contributed by atoms with van der Waals surface area (Å²) in [5, 5.41) is 14.7. The van der Waals surface area contributed by atoms with Gasteiger partial charge in [0.2, 0.25) is 0 Å². The minimum Gasteiger partial charge on any atom is -0.497 e. The molecule has 1 aromatic rings. The van der Waals surface area contributed by atoms with Crippen molar-refractivity contribution in [2.45, 2.75) is 26.3 Å². The fourth-order valence-corrected chi connectivity index (χ4v) is 2.97. The van der Waals surface area contributed by atoms with Crippen molar-refractivity contribution < 1.29 is 14.6 Å². The molecule has 0 bridgehead atoms. The molecule has 0 spiro atoms. The molecule has 0 radical (unpaired) electrons. The molecule has 1 saturated heterocycles. The molecule has 25 heavy (non-hydrogen) atoms. The van der Waals surface area contributed by atoms with E-state index in [4.69, 9.17) is 9.84 Å². The standard InChI is InChI=1S/C19H31N3O3/c1-15(14-23)11-20-19(24)21-12-16-7-9-22(10-8-16)13-17-3-5-18(25-2)6-4-17/h3-6,15-16,23H,7-14H2,1-2H3,(H2,20,21,24). The van der Waals surface area contributed by atoms with Crippen LogP contribution in [0, 0.1) is 11.8 Å². The molecule has 1 unspecified atom stereocenters. The first-order chi connectivity index (χ1) is 12.1. The average Bonchev–Trinajstić information content (AvgIpc) is 2.66. The number of nitrogens with zero attached hydrogens (tertiary/aromatic N) is 1. The fraction of sp³-hybridized carbons (Fsp3) is 0.632. The van der Waals surface area contributed by atoms with Crippen LogP contribution in [0.5, 0.6) is 5.75 Å². The molecule has 6 heteroatoms. The van der Waals surface area contributed by atoms with Crippen molar-refractivity contribution in [2.75, 3.05) is 39.9 Å². The van der Waals surface area contributed by atoms with Gasteiger partial charge in [0.25, 0.3) is 0 Å². The molecule has 1 aromatic carbocycles. The minimum atomic E-state index is -0.138. The first-order valence-corrected chi connectivity index (χ1v) is 9.08. The van der Waals surface area contributed by atoms with Crippen LogP contribution in [0.25, 0.3) is 0 Å². The van der Waals surface area contributed by atoms with Crippen LogP contribution in [0.3, 0.4) is 0 Å². The highest BCUT2D eigenvalue weighted by Crippen LogP contribution is 2.19. The van der Waals surface area contributed by atoms with Crippen molar-refractivity contribution >= 4 is 6.03 Å². The van der Waals surface area contributed by atoms with Gasteiger partial charge in [-0.2, -0.15) is 0 Å². The zero-order valence-corrected chi connectivity index (χ0v) is 15.3. The van der Waals surface area contributed by atoms with E-state index in [0.717, 1.165) is 44.8 Å². The molecule has 0 saturated carbocycles. The Hall–Kier alpha value is -1.79. The number of piperidine rings is 1. The van der Waals surface area contributed by atoms with Gasteiger partial charge in [0.05, 0.1) is 7.11 Å². The van der Waals surface area contributed by atoms with E-state index in [0.29, 0.717) is 12.5 Å². The van der Waals surface area contributed by atoms with Crippen LogP contribution in [0.4, 0.5) is 4.79 Å². The molecular weight excluding hydrogens is 318 g/mol. The second-order valence-corrected chi connectivity index (χ2v) is 6.95. The number of ether oxygens (including phenoxy) is 1. The number of methoxy groups -OCH3 is 1. The predicted octanol–water partition coefficient (Wildman–Crippen LogP) is 1.83. The van der Waals surface area contributed by atoms with Crippen LogP contribution in [0.1, 0.15) is 25.3 Å². The number of aliphatic hydroxyl groups is 1. The highest BCUT2D eigenvalue weighted by molar-refractivity contribution is 5.73. The summed E-state index contributed by atoms with van der Waals surface area (Å²) in [4.78, 5) is 14.2. The SMILES string of the molecule is COc1ccc(CN2CCC(CNC(=O)NCC(C)CO)CC2)cc1. The predicted molar refractivity (Wildman–Crippen MR) is 98.6 cm³/mol. The Morgan fingerprint density at radius 3 is 2.56 bits per heavy atom. The van der Waals surface area contributed by atoms with E-state index in [-0.39, 0.29) is 18.6 Å². The number of hydrogen-bond acceptors (Lipinski definition) is 4. The third kappa shape index (κ3) is 6.92. The number of benzene rings is 1. The topological polar surface area (TPSA) is 73.8 Å². The number of amides is 2. The lowest BCUT2D eigenvalue weighted by atomic mass is 9.96. The third-order valence-electron chi connectivity index (χ3n) is 4.75. The summed E-state index contributed by atoms with van der Waals surface area (Å²) in [6, 6.07) is 8.10. The maximum Gasteiger partial charge on any atom is 0.314 e. The van der Waals surface area contributed by atoms with Crippen LogP contribution >= 0.6 is 0 Å². The third-order valence-corrected chi connectivity index (χ3v) is 4.75. The van der Waals surface area contributed by atoms with E-state index in [9.17, 15) is 4.79 Å². The molecule has 1 atom stereocenters. The quantitative estimate of drug-likeness (QED) is 0.669. The Balaban J connectivity index is 1.63.